The highest BCUT2D eigenvalue weighted by Gasteiger charge is 2.31. The predicted molar refractivity (Wildman–Crippen MR) is 142 cm³/mol. The third kappa shape index (κ3) is 5.89. The Hall–Kier alpha value is -2.51. The zero-order chi connectivity index (χ0) is 24.9. The molecule has 0 radical (unpaired) electrons. The van der Waals surface area contributed by atoms with Crippen molar-refractivity contribution in [1.29, 1.82) is 0 Å². The number of likely N-dealkylation sites (tertiary alicyclic amines) is 2. The van der Waals surface area contributed by atoms with Crippen molar-refractivity contribution in [3.8, 4) is 0 Å². The summed E-state index contributed by atoms with van der Waals surface area (Å²) in [6, 6.07) is 11.4. The van der Waals surface area contributed by atoms with Crippen LogP contribution < -0.4 is 5.32 Å². The lowest BCUT2D eigenvalue weighted by molar-refractivity contribution is 0.0355. The number of hydrogen-bond acceptors (Lipinski definition) is 6. The third-order valence-electron chi connectivity index (χ3n) is 8.67. The summed E-state index contributed by atoms with van der Waals surface area (Å²) < 4.78 is 0. The molecular formula is C29H41N5O2. The first-order valence-electron chi connectivity index (χ1n) is 13.9. The fraction of sp³-hybridized carbons (Fsp3) is 0.621. The third-order valence-corrected chi connectivity index (χ3v) is 8.67. The van der Waals surface area contributed by atoms with Crippen LogP contribution in [0.1, 0.15) is 78.9 Å². The van der Waals surface area contributed by atoms with Crippen molar-refractivity contribution in [2.24, 2.45) is 5.92 Å². The highest BCUT2D eigenvalue weighted by molar-refractivity contribution is 5.94. The molecule has 2 atom stereocenters. The van der Waals surface area contributed by atoms with Crippen LogP contribution in [-0.4, -0.2) is 75.7 Å². The summed E-state index contributed by atoms with van der Waals surface area (Å²) in [5.41, 5.74) is 2.83. The number of carbonyl (C=O) groups excluding carboxylic acids is 1. The van der Waals surface area contributed by atoms with Gasteiger partial charge in [-0.1, -0.05) is 36.8 Å². The van der Waals surface area contributed by atoms with Gasteiger partial charge in [-0.25, -0.2) is 9.97 Å². The van der Waals surface area contributed by atoms with Gasteiger partial charge in [0, 0.05) is 44.3 Å². The van der Waals surface area contributed by atoms with Gasteiger partial charge in [0.05, 0.1) is 6.10 Å². The van der Waals surface area contributed by atoms with Crippen molar-refractivity contribution in [3.05, 3.63) is 53.5 Å². The molecule has 3 fully saturated rings. The molecule has 2 saturated heterocycles. The van der Waals surface area contributed by atoms with Crippen LogP contribution in [0.5, 0.6) is 0 Å². The van der Waals surface area contributed by atoms with E-state index in [0.29, 0.717) is 23.6 Å². The molecule has 1 aromatic heterocycles. The normalized spacial score (nSPS) is 24.6. The van der Waals surface area contributed by atoms with Gasteiger partial charge in [0.25, 0.3) is 5.91 Å². The van der Waals surface area contributed by atoms with E-state index in [0.717, 1.165) is 69.8 Å². The molecule has 5 rings (SSSR count). The van der Waals surface area contributed by atoms with E-state index in [4.69, 9.17) is 0 Å². The number of rotatable bonds is 6. The summed E-state index contributed by atoms with van der Waals surface area (Å²) in [4.78, 5) is 26.7. The minimum atomic E-state index is -0.144. The van der Waals surface area contributed by atoms with Crippen molar-refractivity contribution in [1.82, 2.24) is 19.8 Å². The predicted octanol–water partition coefficient (Wildman–Crippen LogP) is 4.23. The van der Waals surface area contributed by atoms with Crippen molar-refractivity contribution in [3.63, 3.8) is 0 Å². The van der Waals surface area contributed by atoms with Gasteiger partial charge in [0.15, 0.2) is 0 Å². The second kappa shape index (κ2) is 11.7. The number of hydrogen-bond donors (Lipinski definition) is 2. The molecule has 194 valence electrons. The van der Waals surface area contributed by atoms with E-state index >= 15 is 0 Å². The van der Waals surface area contributed by atoms with E-state index in [2.05, 4.69) is 50.5 Å². The number of anilines is 1. The molecule has 7 nitrogen and oxygen atoms in total. The Morgan fingerprint density at radius 1 is 1.00 bits per heavy atom. The van der Waals surface area contributed by atoms with E-state index in [1.807, 2.05) is 11.8 Å². The molecule has 2 aromatic rings. The van der Waals surface area contributed by atoms with Crippen LogP contribution in [-0.2, 0) is 0 Å². The lowest BCUT2D eigenvalue weighted by Crippen LogP contribution is -2.49. The molecule has 1 aromatic carbocycles. The SMILES string of the molecule is Cc1c(NC[C@@H]2CCC[C@H](c3ccccc3)C2)ncnc1C(=O)N1CCC(N2CCC(O)CC2)CC1. The number of carbonyl (C=O) groups is 1. The summed E-state index contributed by atoms with van der Waals surface area (Å²) in [5.74, 6) is 2.05. The quantitative estimate of drug-likeness (QED) is 0.629. The lowest BCUT2D eigenvalue weighted by atomic mass is 9.78. The molecule has 1 amide bonds. The van der Waals surface area contributed by atoms with Gasteiger partial charge in [0.2, 0.25) is 0 Å². The standard InChI is InChI=1S/C29H41N5O2/c1-21-27(29(36)34-14-10-25(11-15-34)33-16-12-26(35)13-17-33)31-20-32-28(21)30-19-22-6-5-9-24(18-22)23-7-3-2-4-8-23/h2-4,7-8,20,22,24-26,35H,5-6,9-19H2,1H3,(H,30,31,32)/t22-,24+/m1/s1. The summed E-state index contributed by atoms with van der Waals surface area (Å²) in [7, 11) is 0. The summed E-state index contributed by atoms with van der Waals surface area (Å²) in [6.07, 6.45) is 10.0. The Balaban J connectivity index is 1.15. The number of nitrogens with zero attached hydrogens (tertiary/aromatic N) is 4. The van der Waals surface area contributed by atoms with Gasteiger partial charge in [-0.3, -0.25) is 4.79 Å². The van der Waals surface area contributed by atoms with Crippen molar-refractivity contribution in [2.75, 3.05) is 38.0 Å². The second-order valence-corrected chi connectivity index (χ2v) is 11.0. The van der Waals surface area contributed by atoms with Gasteiger partial charge < -0.3 is 20.2 Å². The van der Waals surface area contributed by atoms with E-state index in [1.165, 1.54) is 37.6 Å². The van der Waals surface area contributed by atoms with Crippen LogP contribution in [0.15, 0.2) is 36.7 Å². The maximum atomic E-state index is 13.4. The average molecular weight is 492 g/mol. The molecule has 0 unspecified atom stereocenters. The molecule has 0 spiro atoms. The van der Waals surface area contributed by atoms with E-state index < -0.39 is 0 Å². The molecule has 7 heteroatoms. The van der Waals surface area contributed by atoms with Crippen molar-refractivity contribution < 1.29 is 9.90 Å². The minimum absolute atomic E-state index is 0.0206. The molecule has 1 aliphatic carbocycles. The second-order valence-electron chi connectivity index (χ2n) is 11.0. The molecule has 3 heterocycles. The first kappa shape index (κ1) is 25.2. The summed E-state index contributed by atoms with van der Waals surface area (Å²) in [6.45, 7) is 6.30. The van der Waals surface area contributed by atoms with Crippen LogP contribution in [0.2, 0.25) is 0 Å². The van der Waals surface area contributed by atoms with Crippen LogP contribution in [0.25, 0.3) is 0 Å². The smallest absolute Gasteiger partial charge is 0.272 e. The van der Waals surface area contributed by atoms with Crippen LogP contribution in [0, 0.1) is 12.8 Å². The number of aromatic nitrogens is 2. The minimum Gasteiger partial charge on any atom is -0.393 e. The lowest BCUT2D eigenvalue weighted by Gasteiger charge is -2.41. The molecule has 0 bridgehead atoms. The molecule has 36 heavy (non-hydrogen) atoms. The van der Waals surface area contributed by atoms with Gasteiger partial charge in [-0.05, 0) is 69.3 Å². The Kier molecular flexibility index (Phi) is 8.17. The van der Waals surface area contributed by atoms with Gasteiger partial charge >= 0.3 is 0 Å². The number of aliphatic hydroxyl groups is 1. The topological polar surface area (TPSA) is 81.6 Å². The maximum Gasteiger partial charge on any atom is 0.272 e. The molecule has 3 aliphatic rings. The van der Waals surface area contributed by atoms with Crippen molar-refractivity contribution in [2.45, 2.75) is 76.4 Å². The first-order chi connectivity index (χ1) is 17.6. The fourth-order valence-corrected chi connectivity index (χ4v) is 6.42. The monoisotopic (exact) mass is 491 g/mol. The highest BCUT2D eigenvalue weighted by atomic mass is 16.3. The maximum absolute atomic E-state index is 13.4. The average Bonchev–Trinajstić information content (AvgIpc) is 2.93. The highest BCUT2D eigenvalue weighted by Crippen LogP contribution is 2.36. The molecule has 2 aliphatic heterocycles. The Morgan fingerprint density at radius 2 is 1.75 bits per heavy atom. The van der Waals surface area contributed by atoms with Crippen molar-refractivity contribution >= 4 is 11.7 Å². The largest absolute Gasteiger partial charge is 0.393 e. The summed E-state index contributed by atoms with van der Waals surface area (Å²) in [5, 5.41) is 13.3. The fourth-order valence-electron chi connectivity index (χ4n) is 6.42. The number of aliphatic hydroxyl groups excluding tert-OH is 1. The van der Waals surface area contributed by atoms with Gasteiger partial charge in [-0.15, -0.1) is 0 Å². The van der Waals surface area contributed by atoms with E-state index in [1.54, 1.807) is 0 Å². The molecular weight excluding hydrogens is 450 g/mol. The molecule has 2 N–H and O–H groups in total. The number of nitrogens with one attached hydrogen (secondary N) is 1. The van der Waals surface area contributed by atoms with Crippen LogP contribution in [0.3, 0.4) is 0 Å². The van der Waals surface area contributed by atoms with E-state index in [-0.39, 0.29) is 12.0 Å². The Bertz CT molecular complexity index is 1000. The first-order valence-corrected chi connectivity index (χ1v) is 13.9. The Labute approximate surface area is 215 Å². The number of amides is 1. The summed E-state index contributed by atoms with van der Waals surface area (Å²) >= 11 is 0. The van der Waals surface area contributed by atoms with Gasteiger partial charge in [0.1, 0.15) is 17.8 Å². The molecule has 1 saturated carbocycles. The Morgan fingerprint density at radius 3 is 2.50 bits per heavy atom. The number of benzene rings is 1. The zero-order valence-corrected chi connectivity index (χ0v) is 21.6. The van der Waals surface area contributed by atoms with Gasteiger partial charge in [-0.2, -0.15) is 0 Å². The van der Waals surface area contributed by atoms with Crippen LogP contribution in [0.4, 0.5) is 5.82 Å². The number of piperidine rings is 2. The van der Waals surface area contributed by atoms with Crippen LogP contribution >= 0.6 is 0 Å². The zero-order valence-electron chi connectivity index (χ0n) is 21.6. The van der Waals surface area contributed by atoms with E-state index in [9.17, 15) is 9.90 Å².